The van der Waals surface area contributed by atoms with Crippen molar-refractivity contribution in [3.05, 3.63) is 47.5 Å². The molecule has 0 N–H and O–H groups in total. The maximum absolute atomic E-state index is 2.40. The molecule has 0 aliphatic heterocycles. The molecule has 171 valence electrons. The fourth-order valence-electron chi connectivity index (χ4n) is 2.57. The molecule has 0 saturated heterocycles. The first-order chi connectivity index (χ1) is 12.2. The van der Waals surface area contributed by atoms with Crippen molar-refractivity contribution < 1.29 is 50.7 Å². The van der Waals surface area contributed by atoms with Crippen LogP contribution in [0.3, 0.4) is 0 Å². The van der Waals surface area contributed by atoms with Crippen LogP contribution >= 0.6 is 0 Å². The SMILES string of the molecule is CC(C)c1cc([Si](C)(C)C)c[cH-]1.CC(C)c1cc([Si](C)(C)C)c[cH-]1.C[SiH]C.[Cl-].[Cl-].[Hf+4]. The van der Waals surface area contributed by atoms with Crippen LogP contribution in [0.5, 0.6) is 0 Å². The first-order valence-corrected chi connectivity index (χ1v) is 19.8. The van der Waals surface area contributed by atoms with E-state index < -0.39 is 16.1 Å². The molecule has 0 fully saturated rings. The van der Waals surface area contributed by atoms with Crippen molar-refractivity contribution in [2.75, 3.05) is 0 Å². The Bertz CT molecular complexity index is 592. The topological polar surface area (TPSA) is 0 Å². The van der Waals surface area contributed by atoms with E-state index in [0.29, 0.717) is 11.8 Å². The molecular weight excluding hydrogens is 622 g/mol. The zero-order valence-corrected chi connectivity index (χ0v) is 29.7. The summed E-state index contributed by atoms with van der Waals surface area (Å²) in [6, 6.07) is 13.9. The van der Waals surface area contributed by atoms with Crippen molar-refractivity contribution in [3.63, 3.8) is 0 Å². The van der Waals surface area contributed by atoms with Gasteiger partial charge in [0.05, 0.1) is 0 Å². The molecule has 0 aromatic heterocycles. The van der Waals surface area contributed by atoms with Gasteiger partial charge in [-0.2, -0.15) is 35.4 Å². The van der Waals surface area contributed by atoms with E-state index in [1.54, 1.807) is 10.4 Å². The first-order valence-electron chi connectivity index (χ1n) is 10.5. The van der Waals surface area contributed by atoms with E-state index in [9.17, 15) is 0 Å². The summed E-state index contributed by atoms with van der Waals surface area (Å²) in [7, 11) is -1.37. The van der Waals surface area contributed by atoms with Gasteiger partial charge in [-0.1, -0.05) is 80.1 Å². The molecule has 6 heteroatoms. The van der Waals surface area contributed by atoms with Crippen LogP contribution in [0.15, 0.2) is 36.4 Å². The van der Waals surface area contributed by atoms with E-state index >= 15 is 0 Å². The van der Waals surface area contributed by atoms with Crippen molar-refractivity contribution in [2.24, 2.45) is 0 Å². The van der Waals surface area contributed by atoms with Crippen molar-refractivity contribution in [3.8, 4) is 0 Å². The number of hydrogen-bond donors (Lipinski definition) is 0. The van der Waals surface area contributed by atoms with E-state index in [1.807, 2.05) is 0 Å². The van der Waals surface area contributed by atoms with Gasteiger partial charge in [0.15, 0.2) is 0 Å². The third kappa shape index (κ3) is 14.8. The van der Waals surface area contributed by atoms with Crippen LogP contribution in [-0.2, 0) is 25.8 Å². The summed E-state index contributed by atoms with van der Waals surface area (Å²) in [5.74, 6) is 1.35. The van der Waals surface area contributed by atoms with Crippen LogP contribution in [0.4, 0.5) is 0 Å². The molecule has 0 spiro atoms. The van der Waals surface area contributed by atoms with Crippen LogP contribution in [-0.4, -0.2) is 25.7 Å². The average Bonchev–Trinajstić information content (AvgIpc) is 3.17. The zero-order valence-electron chi connectivity index (χ0n) is 21.5. The van der Waals surface area contributed by atoms with Crippen molar-refractivity contribution in [2.45, 2.75) is 91.9 Å². The fraction of sp³-hybridized carbons (Fsp3) is 0.583. The molecule has 0 unspecified atom stereocenters. The minimum Gasteiger partial charge on any atom is -1.00 e. The van der Waals surface area contributed by atoms with Gasteiger partial charge in [-0.15, -0.1) is 0 Å². The van der Waals surface area contributed by atoms with E-state index in [-0.39, 0.29) is 50.7 Å². The molecule has 0 saturated carbocycles. The zero-order chi connectivity index (χ0) is 21.4. The van der Waals surface area contributed by atoms with Gasteiger partial charge in [0.25, 0.3) is 0 Å². The van der Waals surface area contributed by atoms with Gasteiger partial charge < -0.3 is 24.8 Å². The molecule has 0 bridgehead atoms. The molecule has 2 aromatic carbocycles. The predicted molar refractivity (Wildman–Crippen MR) is 137 cm³/mol. The Morgan fingerprint density at radius 1 is 0.667 bits per heavy atom. The Labute approximate surface area is 224 Å². The molecule has 2 rings (SSSR count). The van der Waals surface area contributed by atoms with Gasteiger partial charge in [-0.3, -0.25) is 0 Å². The summed E-state index contributed by atoms with van der Waals surface area (Å²) < 4.78 is 0. The molecule has 30 heavy (non-hydrogen) atoms. The monoisotopic (exact) mass is 667 g/mol. The van der Waals surface area contributed by atoms with Crippen LogP contribution in [0.1, 0.15) is 50.7 Å². The quantitative estimate of drug-likeness (QED) is 0.333. The number of halogens is 2. The van der Waals surface area contributed by atoms with E-state index in [1.165, 1.54) is 11.1 Å². The molecule has 0 heterocycles. The van der Waals surface area contributed by atoms with Crippen LogP contribution < -0.4 is 35.2 Å². The summed E-state index contributed by atoms with van der Waals surface area (Å²) in [5, 5.41) is 3.18. The van der Waals surface area contributed by atoms with Crippen LogP contribution in [0, 0.1) is 0 Å². The first kappa shape index (κ1) is 38.1. The molecule has 0 nitrogen and oxygen atoms in total. The Kier molecular flexibility index (Phi) is 22.0. The summed E-state index contributed by atoms with van der Waals surface area (Å²) >= 11 is 0. The largest absolute Gasteiger partial charge is 4.00 e. The normalized spacial score (nSPS) is 10.6. The van der Waals surface area contributed by atoms with Gasteiger partial charge in [-0.05, 0) is 11.8 Å². The minimum absolute atomic E-state index is 0. The van der Waals surface area contributed by atoms with Crippen LogP contribution in [0.25, 0.3) is 0 Å². The smallest absolute Gasteiger partial charge is 1.00 e. The maximum atomic E-state index is 2.40. The third-order valence-corrected chi connectivity index (χ3v) is 8.71. The number of hydrogen-bond acceptors (Lipinski definition) is 0. The molecular formula is C24H45Cl2HfSi3. The van der Waals surface area contributed by atoms with E-state index in [4.69, 9.17) is 0 Å². The third-order valence-electron chi connectivity index (χ3n) is 4.62. The molecule has 0 atom stereocenters. The van der Waals surface area contributed by atoms with Crippen molar-refractivity contribution in [1.29, 1.82) is 0 Å². The van der Waals surface area contributed by atoms with Crippen molar-refractivity contribution >= 4 is 36.0 Å². The Hall–Kier alpha value is 0.801. The fourth-order valence-corrected chi connectivity index (χ4v) is 4.94. The molecule has 0 aliphatic carbocycles. The van der Waals surface area contributed by atoms with Crippen molar-refractivity contribution in [1.82, 2.24) is 0 Å². The Morgan fingerprint density at radius 2 is 0.900 bits per heavy atom. The van der Waals surface area contributed by atoms with Gasteiger partial charge >= 0.3 is 25.8 Å². The van der Waals surface area contributed by atoms with Gasteiger partial charge in [0.2, 0.25) is 0 Å². The van der Waals surface area contributed by atoms with E-state index in [2.05, 4.69) is 116 Å². The molecule has 1 radical (unpaired) electrons. The number of rotatable bonds is 4. The summed E-state index contributed by atoms with van der Waals surface area (Å²) in [6.45, 7) is 27.8. The molecule has 0 aliphatic rings. The van der Waals surface area contributed by atoms with Crippen LogP contribution in [0.2, 0.25) is 52.4 Å². The summed E-state index contributed by atoms with van der Waals surface area (Å²) in [4.78, 5) is 0. The molecule has 2 aromatic rings. The maximum Gasteiger partial charge on any atom is 4.00 e. The second kappa shape index (κ2) is 17.3. The van der Waals surface area contributed by atoms with E-state index in [0.717, 1.165) is 9.52 Å². The Morgan fingerprint density at radius 3 is 1.00 bits per heavy atom. The Balaban J connectivity index is -0.000000183. The average molecular weight is 667 g/mol. The molecule has 0 amide bonds. The van der Waals surface area contributed by atoms with Gasteiger partial charge in [0.1, 0.15) is 0 Å². The second-order valence-corrected chi connectivity index (χ2v) is 21.6. The minimum atomic E-state index is -1.06. The van der Waals surface area contributed by atoms with Gasteiger partial charge in [0, 0.05) is 25.7 Å². The summed E-state index contributed by atoms with van der Waals surface area (Å²) in [6.07, 6.45) is 0. The predicted octanol–water partition coefficient (Wildman–Crippen LogP) is 0.673. The second-order valence-electron chi connectivity index (χ2n) is 10.3. The van der Waals surface area contributed by atoms with Gasteiger partial charge in [-0.25, -0.2) is 22.5 Å². The standard InChI is InChI=1S/2C11H19Si.C2H7Si.2ClH.Hf/c2*1-9(2)10-6-7-11(8-10)12(3,4)5;1-3-2;;;/h2*6-9H,1-5H3;3H,1-2H3;2*1H;/q2*-1;;;;+4/p-2. The summed E-state index contributed by atoms with van der Waals surface area (Å²) in [5.41, 5.74) is 2.99.